The van der Waals surface area contributed by atoms with Crippen molar-refractivity contribution >= 4 is 11.6 Å². The number of aromatic nitrogens is 2. The Balaban J connectivity index is 2.21. The van der Waals surface area contributed by atoms with E-state index in [-0.39, 0.29) is 11.9 Å². The number of carbonyl (C=O) groups excluding carboxylic acids is 1. The second-order valence-corrected chi connectivity index (χ2v) is 4.48. The highest BCUT2D eigenvalue weighted by molar-refractivity contribution is 6.03. The normalized spacial score (nSPS) is 12.2. The zero-order chi connectivity index (χ0) is 13.8. The number of benzene rings is 1. The van der Waals surface area contributed by atoms with Gasteiger partial charge in [-0.05, 0) is 25.6 Å². The molecule has 1 heterocycles. The van der Waals surface area contributed by atoms with E-state index in [1.807, 2.05) is 45.3 Å². The highest BCUT2D eigenvalue weighted by Gasteiger charge is 2.13. The summed E-state index contributed by atoms with van der Waals surface area (Å²) in [7, 11) is 3.73. The fraction of sp³-hybridized carbons (Fsp3) is 0.286. The second kappa shape index (κ2) is 5.67. The number of rotatable bonds is 4. The maximum atomic E-state index is 12.1. The fourth-order valence-electron chi connectivity index (χ4n) is 1.86. The van der Waals surface area contributed by atoms with Crippen molar-refractivity contribution in [2.45, 2.75) is 13.0 Å². The Kier molecular flexibility index (Phi) is 3.97. The Morgan fingerprint density at radius 2 is 2.11 bits per heavy atom. The SMILES string of the molecule is CNC(C)c1ccccc1NC(=O)c1cn(C)cn1. The van der Waals surface area contributed by atoms with Crippen molar-refractivity contribution in [2.24, 2.45) is 7.05 Å². The van der Waals surface area contributed by atoms with Gasteiger partial charge in [-0.2, -0.15) is 0 Å². The van der Waals surface area contributed by atoms with Gasteiger partial charge in [0.2, 0.25) is 0 Å². The first-order valence-corrected chi connectivity index (χ1v) is 6.17. The Morgan fingerprint density at radius 1 is 1.37 bits per heavy atom. The van der Waals surface area contributed by atoms with E-state index in [2.05, 4.69) is 15.6 Å². The highest BCUT2D eigenvalue weighted by atomic mass is 16.1. The minimum absolute atomic E-state index is 0.167. The van der Waals surface area contributed by atoms with Gasteiger partial charge < -0.3 is 15.2 Å². The van der Waals surface area contributed by atoms with Crippen LogP contribution in [0.25, 0.3) is 0 Å². The molecule has 100 valence electrons. The van der Waals surface area contributed by atoms with Crippen LogP contribution in [0.3, 0.4) is 0 Å². The first-order chi connectivity index (χ1) is 9.11. The third-order valence-corrected chi connectivity index (χ3v) is 3.05. The van der Waals surface area contributed by atoms with Gasteiger partial charge in [-0.15, -0.1) is 0 Å². The van der Waals surface area contributed by atoms with E-state index in [9.17, 15) is 4.79 Å². The van der Waals surface area contributed by atoms with Crippen molar-refractivity contribution < 1.29 is 4.79 Å². The van der Waals surface area contributed by atoms with Crippen molar-refractivity contribution in [2.75, 3.05) is 12.4 Å². The fourth-order valence-corrected chi connectivity index (χ4v) is 1.86. The molecule has 1 aromatic carbocycles. The van der Waals surface area contributed by atoms with E-state index in [0.29, 0.717) is 5.69 Å². The third kappa shape index (κ3) is 3.00. The van der Waals surface area contributed by atoms with Gasteiger partial charge in [0.15, 0.2) is 0 Å². The molecule has 0 saturated carbocycles. The van der Waals surface area contributed by atoms with E-state index in [1.165, 1.54) is 0 Å². The summed E-state index contributed by atoms with van der Waals surface area (Å²) < 4.78 is 1.75. The number of amides is 1. The molecule has 5 heteroatoms. The lowest BCUT2D eigenvalue weighted by Crippen LogP contribution is -2.18. The lowest BCUT2D eigenvalue weighted by atomic mass is 10.1. The van der Waals surface area contributed by atoms with Crippen LogP contribution in [0.1, 0.15) is 29.0 Å². The number of aryl methyl sites for hydroxylation is 1. The van der Waals surface area contributed by atoms with E-state index in [0.717, 1.165) is 11.3 Å². The van der Waals surface area contributed by atoms with Gasteiger partial charge in [0.1, 0.15) is 5.69 Å². The first kappa shape index (κ1) is 13.3. The quantitative estimate of drug-likeness (QED) is 0.881. The third-order valence-electron chi connectivity index (χ3n) is 3.05. The van der Waals surface area contributed by atoms with Gasteiger partial charge >= 0.3 is 0 Å². The molecular formula is C14H18N4O. The Labute approximate surface area is 112 Å². The van der Waals surface area contributed by atoms with Crippen LogP contribution in [0, 0.1) is 0 Å². The molecule has 0 aliphatic carbocycles. The molecule has 0 fully saturated rings. The molecule has 0 spiro atoms. The number of imidazole rings is 1. The second-order valence-electron chi connectivity index (χ2n) is 4.48. The lowest BCUT2D eigenvalue weighted by molar-refractivity contribution is 0.102. The average molecular weight is 258 g/mol. The summed E-state index contributed by atoms with van der Waals surface area (Å²) >= 11 is 0. The van der Waals surface area contributed by atoms with Crippen molar-refractivity contribution in [1.29, 1.82) is 0 Å². The van der Waals surface area contributed by atoms with Gasteiger partial charge in [-0.1, -0.05) is 18.2 Å². The molecule has 1 unspecified atom stereocenters. The van der Waals surface area contributed by atoms with E-state index >= 15 is 0 Å². The largest absolute Gasteiger partial charge is 0.340 e. The van der Waals surface area contributed by atoms with Crippen LogP contribution in [0.5, 0.6) is 0 Å². The number of hydrogen-bond donors (Lipinski definition) is 2. The number of carbonyl (C=O) groups is 1. The zero-order valence-electron chi connectivity index (χ0n) is 11.3. The number of nitrogens with zero attached hydrogens (tertiary/aromatic N) is 2. The molecule has 2 rings (SSSR count). The molecule has 1 aromatic heterocycles. The van der Waals surface area contributed by atoms with Gasteiger partial charge in [0, 0.05) is 25.0 Å². The summed E-state index contributed by atoms with van der Waals surface area (Å²) in [5.74, 6) is -0.198. The van der Waals surface area contributed by atoms with Crippen molar-refractivity contribution in [1.82, 2.24) is 14.9 Å². The zero-order valence-corrected chi connectivity index (χ0v) is 11.3. The van der Waals surface area contributed by atoms with Crippen LogP contribution < -0.4 is 10.6 Å². The van der Waals surface area contributed by atoms with Crippen LogP contribution in [-0.2, 0) is 7.05 Å². The van der Waals surface area contributed by atoms with Crippen molar-refractivity contribution in [3.63, 3.8) is 0 Å². The molecule has 2 aromatic rings. The van der Waals surface area contributed by atoms with Gasteiger partial charge in [-0.25, -0.2) is 4.98 Å². The summed E-state index contributed by atoms with van der Waals surface area (Å²) in [6.07, 6.45) is 3.30. The monoisotopic (exact) mass is 258 g/mol. The van der Waals surface area contributed by atoms with Crippen LogP contribution in [0.15, 0.2) is 36.8 Å². The molecule has 0 radical (unpaired) electrons. The summed E-state index contributed by atoms with van der Waals surface area (Å²) in [6, 6.07) is 7.92. The van der Waals surface area contributed by atoms with E-state index in [4.69, 9.17) is 0 Å². The maximum Gasteiger partial charge on any atom is 0.275 e. The molecule has 0 bridgehead atoms. The first-order valence-electron chi connectivity index (χ1n) is 6.17. The minimum Gasteiger partial charge on any atom is -0.340 e. The van der Waals surface area contributed by atoms with Crippen molar-refractivity contribution in [3.05, 3.63) is 48.0 Å². The summed E-state index contributed by atoms with van der Waals surface area (Å²) in [5, 5.41) is 6.07. The highest BCUT2D eigenvalue weighted by Crippen LogP contribution is 2.22. The Hall–Kier alpha value is -2.14. The Morgan fingerprint density at radius 3 is 2.74 bits per heavy atom. The van der Waals surface area contributed by atoms with Gasteiger partial charge in [0.05, 0.1) is 6.33 Å². The molecule has 0 saturated heterocycles. The summed E-state index contributed by atoms with van der Waals surface area (Å²) in [4.78, 5) is 16.1. The molecule has 2 N–H and O–H groups in total. The number of para-hydroxylation sites is 1. The predicted molar refractivity (Wildman–Crippen MR) is 75.1 cm³/mol. The van der Waals surface area contributed by atoms with Crippen LogP contribution in [-0.4, -0.2) is 22.5 Å². The molecule has 1 atom stereocenters. The molecule has 19 heavy (non-hydrogen) atoms. The molecule has 5 nitrogen and oxygen atoms in total. The summed E-state index contributed by atoms with van der Waals surface area (Å²) in [6.45, 7) is 2.05. The summed E-state index contributed by atoms with van der Waals surface area (Å²) in [5.41, 5.74) is 2.27. The molecule has 1 amide bonds. The predicted octanol–water partition coefficient (Wildman–Crippen LogP) is 1.95. The number of hydrogen-bond acceptors (Lipinski definition) is 3. The van der Waals surface area contributed by atoms with Crippen LogP contribution in [0.4, 0.5) is 5.69 Å². The van der Waals surface area contributed by atoms with E-state index in [1.54, 1.807) is 17.1 Å². The lowest BCUT2D eigenvalue weighted by Gasteiger charge is -2.15. The molecule has 0 aliphatic heterocycles. The van der Waals surface area contributed by atoms with Crippen LogP contribution in [0.2, 0.25) is 0 Å². The number of nitrogens with one attached hydrogen (secondary N) is 2. The van der Waals surface area contributed by atoms with Gasteiger partial charge in [-0.3, -0.25) is 4.79 Å². The molecule has 0 aliphatic rings. The Bertz CT molecular complexity index is 576. The topological polar surface area (TPSA) is 58.9 Å². The van der Waals surface area contributed by atoms with Gasteiger partial charge in [0.25, 0.3) is 5.91 Å². The van der Waals surface area contributed by atoms with Crippen molar-refractivity contribution in [3.8, 4) is 0 Å². The average Bonchev–Trinajstić information content (AvgIpc) is 2.85. The standard InChI is InChI=1S/C14H18N4O/c1-10(15-2)11-6-4-5-7-12(11)17-14(19)13-8-18(3)9-16-13/h4-10,15H,1-3H3,(H,17,19). The maximum absolute atomic E-state index is 12.1. The minimum atomic E-state index is -0.198. The van der Waals surface area contributed by atoms with Crippen LogP contribution >= 0.6 is 0 Å². The van der Waals surface area contributed by atoms with E-state index < -0.39 is 0 Å². The smallest absolute Gasteiger partial charge is 0.275 e. The number of anilines is 1. The molecular weight excluding hydrogens is 240 g/mol.